The van der Waals surface area contributed by atoms with Gasteiger partial charge in [-0.1, -0.05) is 13.0 Å². The molecule has 0 radical (unpaired) electrons. The van der Waals surface area contributed by atoms with E-state index in [1.54, 1.807) is 6.08 Å². The van der Waals surface area contributed by atoms with E-state index in [0.29, 0.717) is 18.4 Å². The standard InChI is InChI=1S/C6H14O3.C4H4O2/c1-2-6(3-7,4-8)5-9;5-4(6)3-1-2-3/h7-9H,2-5H2,1H3;1H,2H2,(H,5,6). The van der Waals surface area contributed by atoms with E-state index in [9.17, 15) is 4.79 Å². The van der Waals surface area contributed by atoms with Gasteiger partial charge in [0.1, 0.15) is 0 Å². The molecule has 0 amide bonds. The van der Waals surface area contributed by atoms with Gasteiger partial charge in [0.05, 0.1) is 19.8 Å². The second-order valence-electron chi connectivity index (χ2n) is 3.57. The summed E-state index contributed by atoms with van der Waals surface area (Å²) in [5.74, 6) is -0.769. The fourth-order valence-electron chi connectivity index (χ4n) is 0.711. The fourth-order valence-corrected chi connectivity index (χ4v) is 0.711. The Morgan fingerprint density at radius 1 is 1.33 bits per heavy atom. The van der Waals surface area contributed by atoms with Crippen molar-refractivity contribution < 1.29 is 25.2 Å². The molecule has 0 fully saturated rings. The van der Waals surface area contributed by atoms with Gasteiger partial charge in [-0.15, -0.1) is 0 Å². The third kappa shape index (κ3) is 4.92. The maximum absolute atomic E-state index is 9.69. The molecule has 0 spiro atoms. The average Bonchev–Trinajstić information content (AvgIpc) is 3.06. The van der Waals surface area contributed by atoms with Gasteiger partial charge in [-0.3, -0.25) is 0 Å². The number of carbonyl (C=O) groups is 1. The Bertz CT molecular complexity index is 212. The largest absolute Gasteiger partial charge is 0.478 e. The molecule has 0 aromatic rings. The Balaban J connectivity index is 0.000000280. The molecule has 0 saturated heterocycles. The highest BCUT2D eigenvalue weighted by Crippen LogP contribution is 2.18. The summed E-state index contributed by atoms with van der Waals surface area (Å²) in [4.78, 5) is 9.69. The molecule has 0 aromatic heterocycles. The van der Waals surface area contributed by atoms with Gasteiger partial charge in [0.25, 0.3) is 0 Å². The smallest absolute Gasteiger partial charge is 0.331 e. The summed E-state index contributed by atoms with van der Waals surface area (Å²) >= 11 is 0. The number of allylic oxidation sites excluding steroid dienone is 1. The van der Waals surface area contributed by atoms with Crippen molar-refractivity contribution in [3.05, 3.63) is 11.6 Å². The van der Waals surface area contributed by atoms with Crippen LogP contribution in [-0.2, 0) is 4.79 Å². The minimum Gasteiger partial charge on any atom is -0.478 e. The third-order valence-corrected chi connectivity index (χ3v) is 2.44. The van der Waals surface area contributed by atoms with E-state index in [1.165, 1.54) is 0 Å². The molecule has 0 aromatic carbocycles. The zero-order valence-electron chi connectivity index (χ0n) is 8.81. The van der Waals surface area contributed by atoms with Gasteiger partial charge < -0.3 is 20.4 Å². The molecular formula is C10H18O5. The van der Waals surface area contributed by atoms with Gasteiger partial charge >= 0.3 is 5.97 Å². The summed E-state index contributed by atoms with van der Waals surface area (Å²) in [6, 6.07) is 0. The number of aliphatic carboxylic acids is 1. The molecular weight excluding hydrogens is 200 g/mol. The van der Waals surface area contributed by atoms with Crippen molar-refractivity contribution >= 4 is 5.97 Å². The van der Waals surface area contributed by atoms with Gasteiger partial charge in [0, 0.05) is 11.0 Å². The quantitative estimate of drug-likeness (QED) is 0.510. The van der Waals surface area contributed by atoms with Crippen molar-refractivity contribution in [3.63, 3.8) is 0 Å². The zero-order valence-corrected chi connectivity index (χ0v) is 8.81. The van der Waals surface area contributed by atoms with Crippen LogP contribution in [0.3, 0.4) is 0 Å². The lowest BCUT2D eigenvalue weighted by atomic mass is 9.88. The summed E-state index contributed by atoms with van der Waals surface area (Å²) in [6.45, 7) is 1.35. The van der Waals surface area contributed by atoms with E-state index in [1.807, 2.05) is 6.92 Å². The molecule has 0 saturated carbocycles. The Morgan fingerprint density at radius 2 is 1.73 bits per heavy atom. The van der Waals surface area contributed by atoms with Crippen LogP contribution < -0.4 is 0 Å². The van der Waals surface area contributed by atoms with Gasteiger partial charge in [0.15, 0.2) is 0 Å². The van der Waals surface area contributed by atoms with Gasteiger partial charge in [0.2, 0.25) is 0 Å². The molecule has 5 heteroatoms. The van der Waals surface area contributed by atoms with Crippen LogP contribution in [0.15, 0.2) is 11.6 Å². The zero-order chi connectivity index (χ0) is 11.9. The van der Waals surface area contributed by atoms with Crippen LogP contribution in [0.4, 0.5) is 0 Å². The highest BCUT2D eigenvalue weighted by Gasteiger charge is 2.24. The Morgan fingerprint density at radius 3 is 1.73 bits per heavy atom. The van der Waals surface area contributed by atoms with Crippen molar-refractivity contribution in [1.82, 2.24) is 0 Å². The molecule has 1 rings (SSSR count). The van der Waals surface area contributed by atoms with Crippen molar-refractivity contribution in [2.24, 2.45) is 5.41 Å². The number of hydrogen-bond acceptors (Lipinski definition) is 4. The predicted molar refractivity (Wildman–Crippen MR) is 54.3 cm³/mol. The topological polar surface area (TPSA) is 98.0 Å². The van der Waals surface area contributed by atoms with Crippen LogP contribution in [0.2, 0.25) is 0 Å². The molecule has 0 aliphatic heterocycles. The third-order valence-electron chi connectivity index (χ3n) is 2.44. The highest BCUT2D eigenvalue weighted by molar-refractivity contribution is 5.91. The first-order valence-corrected chi connectivity index (χ1v) is 4.80. The van der Waals surface area contributed by atoms with Gasteiger partial charge in [-0.25, -0.2) is 4.79 Å². The van der Waals surface area contributed by atoms with E-state index >= 15 is 0 Å². The second kappa shape index (κ2) is 6.55. The number of carboxylic acid groups (broad SMARTS) is 1. The molecule has 0 atom stereocenters. The Kier molecular flexibility index (Phi) is 6.15. The summed E-state index contributed by atoms with van der Waals surface area (Å²) in [5, 5.41) is 34.0. The first-order valence-electron chi connectivity index (χ1n) is 4.80. The maximum atomic E-state index is 9.69. The molecule has 5 nitrogen and oxygen atoms in total. The molecule has 1 aliphatic rings. The normalized spacial score (nSPS) is 13.7. The second-order valence-corrected chi connectivity index (χ2v) is 3.57. The molecule has 88 valence electrons. The van der Waals surface area contributed by atoms with Crippen molar-refractivity contribution in [1.29, 1.82) is 0 Å². The van der Waals surface area contributed by atoms with Crippen LogP contribution in [0.25, 0.3) is 0 Å². The van der Waals surface area contributed by atoms with Crippen LogP contribution >= 0.6 is 0 Å². The Labute approximate surface area is 88.7 Å². The Hall–Kier alpha value is -0.910. The summed E-state index contributed by atoms with van der Waals surface area (Å²) < 4.78 is 0. The van der Waals surface area contributed by atoms with E-state index in [-0.39, 0.29) is 19.8 Å². The van der Waals surface area contributed by atoms with Gasteiger partial charge in [-0.2, -0.15) is 0 Å². The lowest BCUT2D eigenvalue weighted by molar-refractivity contribution is -0.132. The van der Waals surface area contributed by atoms with E-state index in [0.717, 1.165) is 0 Å². The van der Waals surface area contributed by atoms with Gasteiger partial charge in [-0.05, 0) is 12.8 Å². The maximum Gasteiger partial charge on any atom is 0.331 e. The van der Waals surface area contributed by atoms with Crippen LogP contribution in [0.5, 0.6) is 0 Å². The SMILES string of the molecule is CCC(CO)(CO)CO.O=C(O)C1=CC1. The summed E-state index contributed by atoms with van der Waals surface area (Å²) in [6.07, 6.45) is 2.97. The van der Waals surface area contributed by atoms with Crippen LogP contribution in [0, 0.1) is 5.41 Å². The first kappa shape index (κ1) is 14.1. The molecule has 0 unspecified atom stereocenters. The van der Waals surface area contributed by atoms with Crippen molar-refractivity contribution in [2.75, 3.05) is 19.8 Å². The lowest BCUT2D eigenvalue weighted by Gasteiger charge is -2.24. The number of aliphatic hydroxyl groups excluding tert-OH is 3. The molecule has 15 heavy (non-hydrogen) atoms. The van der Waals surface area contributed by atoms with Crippen molar-refractivity contribution in [2.45, 2.75) is 19.8 Å². The van der Waals surface area contributed by atoms with E-state index in [4.69, 9.17) is 20.4 Å². The van der Waals surface area contributed by atoms with E-state index in [2.05, 4.69) is 0 Å². The molecule has 1 aliphatic carbocycles. The number of hydrogen-bond donors (Lipinski definition) is 4. The number of aliphatic hydroxyl groups is 3. The molecule has 0 bridgehead atoms. The number of rotatable bonds is 5. The van der Waals surface area contributed by atoms with Crippen molar-refractivity contribution in [3.8, 4) is 0 Å². The minimum atomic E-state index is -0.769. The highest BCUT2D eigenvalue weighted by atomic mass is 16.4. The van der Waals surface area contributed by atoms with E-state index < -0.39 is 11.4 Å². The molecule has 0 heterocycles. The first-order chi connectivity index (χ1) is 7.05. The predicted octanol–water partition coefficient (Wildman–Crippen LogP) is -0.239. The lowest BCUT2D eigenvalue weighted by Crippen LogP contribution is -2.32. The average molecular weight is 218 g/mol. The fraction of sp³-hybridized carbons (Fsp3) is 0.700. The summed E-state index contributed by atoms with van der Waals surface area (Å²) in [7, 11) is 0. The monoisotopic (exact) mass is 218 g/mol. The minimum absolute atomic E-state index is 0.156. The van der Waals surface area contributed by atoms with Crippen LogP contribution in [0.1, 0.15) is 19.8 Å². The van der Waals surface area contributed by atoms with Crippen LogP contribution in [-0.4, -0.2) is 46.2 Å². The number of carboxylic acids is 1. The summed E-state index contributed by atoms with van der Waals surface area (Å²) in [5.41, 5.74) is -0.116. The molecule has 4 N–H and O–H groups in total.